The summed E-state index contributed by atoms with van der Waals surface area (Å²) in [6, 6.07) is 8.73. The van der Waals surface area contributed by atoms with Gasteiger partial charge in [0.2, 0.25) is 10.0 Å². The Bertz CT molecular complexity index is 760. The summed E-state index contributed by atoms with van der Waals surface area (Å²) in [4.78, 5) is -0.231. The molecule has 0 atom stereocenters. The molecule has 112 valence electrons. The van der Waals surface area contributed by atoms with Crippen LogP contribution in [0.15, 0.2) is 45.8 Å². The fourth-order valence-corrected chi connectivity index (χ4v) is 4.61. The second-order valence-corrected chi connectivity index (χ2v) is 7.55. The molecule has 0 aliphatic carbocycles. The van der Waals surface area contributed by atoms with Crippen LogP contribution in [0.1, 0.15) is 5.56 Å². The van der Waals surface area contributed by atoms with Crippen LogP contribution in [0.4, 0.5) is 4.39 Å². The molecule has 0 unspecified atom stereocenters. The van der Waals surface area contributed by atoms with E-state index in [0.717, 1.165) is 0 Å². The maximum absolute atomic E-state index is 13.5. The summed E-state index contributed by atoms with van der Waals surface area (Å²) >= 11 is 15.0. The van der Waals surface area contributed by atoms with Crippen LogP contribution in [0.3, 0.4) is 0 Å². The molecule has 0 aliphatic rings. The molecule has 0 spiro atoms. The standard InChI is InChI=1S/C13H9BrCl2FNO2S/c14-9-5-10(15)13(11(16)6-9)21(19,20)18-7-8-3-1-2-4-12(8)17/h1-6,18H,7H2. The maximum Gasteiger partial charge on any atom is 0.243 e. The molecule has 0 aliphatic heterocycles. The number of nitrogens with one attached hydrogen (secondary N) is 1. The number of sulfonamides is 1. The van der Waals surface area contributed by atoms with Gasteiger partial charge in [0.15, 0.2) is 0 Å². The summed E-state index contributed by atoms with van der Waals surface area (Å²) in [5, 5.41) is -0.0363. The second kappa shape index (κ2) is 6.62. The highest BCUT2D eigenvalue weighted by Gasteiger charge is 2.22. The molecule has 0 aromatic heterocycles. The van der Waals surface area contributed by atoms with Crippen LogP contribution in [0, 0.1) is 5.82 Å². The minimum Gasteiger partial charge on any atom is -0.207 e. The van der Waals surface area contributed by atoms with Crippen molar-refractivity contribution in [3.63, 3.8) is 0 Å². The molecule has 0 saturated carbocycles. The molecule has 0 amide bonds. The first-order valence-corrected chi connectivity index (χ1v) is 8.72. The lowest BCUT2D eigenvalue weighted by molar-refractivity contribution is 0.574. The first kappa shape index (κ1) is 16.7. The van der Waals surface area contributed by atoms with Gasteiger partial charge in [-0.15, -0.1) is 0 Å². The molecule has 0 radical (unpaired) electrons. The molecule has 3 nitrogen and oxygen atoms in total. The van der Waals surface area contributed by atoms with Crippen molar-refractivity contribution >= 4 is 49.2 Å². The Morgan fingerprint density at radius 2 is 1.71 bits per heavy atom. The molecular weight excluding hydrogens is 404 g/mol. The van der Waals surface area contributed by atoms with Crippen LogP contribution < -0.4 is 4.72 Å². The molecular formula is C13H9BrCl2FNO2S. The van der Waals surface area contributed by atoms with Crippen LogP contribution >= 0.6 is 39.1 Å². The van der Waals surface area contributed by atoms with E-state index in [4.69, 9.17) is 23.2 Å². The Morgan fingerprint density at radius 3 is 2.29 bits per heavy atom. The van der Waals surface area contributed by atoms with E-state index in [2.05, 4.69) is 20.7 Å². The lowest BCUT2D eigenvalue weighted by atomic mass is 10.2. The summed E-state index contributed by atoms with van der Waals surface area (Å²) in [7, 11) is -3.95. The molecule has 0 saturated heterocycles. The third-order valence-corrected chi connectivity index (χ3v) is 5.42. The number of halogens is 4. The van der Waals surface area contributed by atoms with Gasteiger partial charge in [0.25, 0.3) is 0 Å². The van der Waals surface area contributed by atoms with E-state index in [1.54, 1.807) is 6.07 Å². The van der Waals surface area contributed by atoms with Crippen molar-refractivity contribution in [2.24, 2.45) is 0 Å². The van der Waals surface area contributed by atoms with Crippen molar-refractivity contribution < 1.29 is 12.8 Å². The monoisotopic (exact) mass is 411 g/mol. The van der Waals surface area contributed by atoms with Crippen molar-refractivity contribution in [3.8, 4) is 0 Å². The molecule has 21 heavy (non-hydrogen) atoms. The summed E-state index contributed by atoms with van der Waals surface area (Å²) in [5.74, 6) is -0.492. The number of benzene rings is 2. The maximum atomic E-state index is 13.5. The van der Waals surface area contributed by atoms with Crippen molar-refractivity contribution in [1.82, 2.24) is 4.72 Å². The fraction of sp³-hybridized carbons (Fsp3) is 0.0769. The molecule has 0 fully saturated rings. The van der Waals surface area contributed by atoms with Gasteiger partial charge in [-0.2, -0.15) is 0 Å². The van der Waals surface area contributed by atoms with E-state index >= 15 is 0 Å². The average molecular weight is 413 g/mol. The zero-order valence-electron chi connectivity index (χ0n) is 10.4. The molecule has 1 N–H and O–H groups in total. The third kappa shape index (κ3) is 3.96. The SMILES string of the molecule is O=S(=O)(NCc1ccccc1F)c1c(Cl)cc(Br)cc1Cl. The lowest BCUT2D eigenvalue weighted by Crippen LogP contribution is -2.24. The van der Waals surface area contributed by atoms with Crippen molar-refractivity contribution in [2.75, 3.05) is 0 Å². The van der Waals surface area contributed by atoms with E-state index in [9.17, 15) is 12.8 Å². The summed E-state index contributed by atoms with van der Waals surface area (Å²) < 4.78 is 40.8. The first-order valence-electron chi connectivity index (χ1n) is 5.69. The molecule has 0 bridgehead atoms. The van der Waals surface area contributed by atoms with Crippen LogP contribution in [0.5, 0.6) is 0 Å². The topological polar surface area (TPSA) is 46.2 Å². The Labute approximate surface area is 140 Å². The number of rotatable bonds is 4. The van der Waals surface area contributed by atoms with Crippen molar-refractivity contribution in [3.05, 3.63) is 62.3 Å². The predicted molar refractivity (Wildman–Crippen MR) is 84.6 cm³/mol. The normalized spacial score (nSPS) is 11.6. The highest BCUT2D eigenvalue weighted by atomic mass is 79.9. The van der Waals surface area contributed by atoms with E-state index in [-0.39, 0.29) is 27.0 Å². The quantitative estimate of drug-likeness (QED) is 0.810. The van der Waals surface area contributed by atoms with Gasteiger partial charge in [-0.25, -0.2) is 17.5 Å². The molecule has 8 heteroatoms. The number of hydrogen-bond donors (Lipinski definition) is 1. The minimum absolute atomic E-state index is 0.0181. The molecule has 2 aromatic rings. The van der Waals surface area contributed by atoms with E-state index in [1.165, 1.54) is 30.3 Å². The fourth-order valence-electron chi connectivity index (χ4n) is 1.67. The summed E-state index contributed by atoms with van der Waals surface area (Å²) in [5.41, 5.74) is 0.227. The third-order valence-electron chi connectivity index (χ3n) is 2.64. The summed E-state index contributed by atoms with van der Waals surface area (Å²) in [6.45, 7) is -0.197. The Morgan fingerprint density at radius 1 is 1.14 bits per heavy atom. The highest BCUT2D eigenvalue weighted by molar-refractivity contribution is 9.10. The average Bonchev–Trinajstić information content (AvgIpc) is 2.36. The van der Waals surface area contributed by atoms with Crippen LogP contribution in [0.25, 0.3) is 0 Å². The minimum atomic E-state index is -3.95. The number of hydrogen-bond acceptors (Lipinski definition) is 2. The van der Waals surface area contributed by atoms with Gasteiger partial charge < -0.3 is 0 Å². The van der Waals surface area contributed by atoms with E-state index in [0.29, 0.717) is 4.47 Å². The van der Waals surface area contributed by atoms with Gasteiger partial charge in [0, 0.05) is 16.6 Å². The Balaban J connectivity index is 2.30. The van der Waals surface area contributed by atoms with Crippen LogP contribution in [-0.4, -0.2) is 8.42 Å². The molecule has 2 aromatic carbocycles. The summed E-state index contributed by atoms with van der Waals surface area (Å²) in [6.07, 6.45) is 0. The van der Waals surface area contributed by atoms with Crippen molar-refractivity contribution in [1.29, 1.82) is 0 Å². The van der Waals surface area contributed by atoms with Crippen molar-refractivity contribution in [2.45, 2.75) is 11.4 Å². The second-order valence-electron chi connectivity index (χ2n) is 4.11. The Hall–Kier alpha value is -0.660. The van der Waals surface area contributed by atoms with Gasteiger partial charge in [-0.05, 0) is 18.2 Å². The lowest BCUT2D eigenvalue weighted by Gasteiger charge is -2.11. The van der Waals surface area contributed by atoms with Gasteiger partial charge in [0.05, 0.1) is 10.0 Å². The van der Waals surface area contributed by atoms with Crippen LogP contribution in [0.2, 0.25) is 10.0 Å². The van der Waals surface area contributed by atoms with Gasteiger partial charge in [-0.3, -0.25) is 0 Å². The predicted octanol–water partition coefficient (Wildman–Crippen LogP) is 4.37. The van der Waals surface area contributed by atoms with Gasteiger partial charge >= 0.3 is 0 Å². The van der Waals surface area contributed by atoms with Gasteiger partial charge in [0.1, 0.15) is 10.7 Å². The largest absolute Gasteiger partial charge is 0.243 e. The zero-order valence-corrected chi connectivity index (χ0v) is 14.3. The van der Waals surface area contributed by atoms with Crippen LogP contribution in [-0.2, 0) is 16.6 Å². The van der Waals surface area contributed by atoms with E-state index < -0.39 is 15.8 Å². The highest BCUT2D eigenvalue weighted by Crippen LogP contribution is 2.32. The first-order chi connectivity index (χ1) is 9.81. The zero-order chi connectivity index (χ0) is 15.6. The van der Waals surface area contributed by atoms with Gasteiger partial charge in [-0.1, -0.05) is 57.3 Å². The molecule has 0 heterocycles. The molecule has 2 rings (SSSR count). The smallest absolute Gasteiger partial charge is 0.207 e. The Kier molecular flexibility index (Phi) is 5.27. The van der Waals surface area contributed by atoms with E-state index in [1.807, 2.05) is 0 Å².